The quantitative estimate of drug-likeness (QED) is 0.759. The average molecular weight is 256 g/mol. The molecule has 0 saturated carbocycles. The number of amides is 1. The van der Waals surface area contributed by atoms with Gasteiger partial charge >= 0.3 is 0 Å². The van der Waals surface area contributed by atoms with E-state index in [1.165, 1.54) is 0 Å². The van der Waals surface area contributed by atoms with Gasteiger partial charge in [0, 0.05) is 38.3 Å². The predicted octanol–water partition coefficient (Wildman–Crippen LogP) is 0.296. The van der Waals surface area contributed by atoms with Crippen molar-refractivity contribution in [2.45, 2.75) is 38.3 Å². The maximum absolute atomic E-state index is 11.9. The molecular formula is C13H24N2O3. The molecule has 0 aliphatic carbocycles. The van der Waals surface area contributed by atoms with E-state index >= 15 is 0 Å². The third-order valence-electron chi connectivity index (χ3n) is 3.79. The van der Waals surface area contributed by atoms with Gasteiger partial charge in [0.2, 0.25) is 5.91 Å². The van der Waals surface area contributed by atoms with Crippen LogP contribution in [0.5, 0.6) is 0 Å². The molecule has 104 valence electrons. The van der Waals surface area contributed by atoms with Crippen LogP contribution in [0.3, 0.4) is 0 Å². The first-order valence-electron chi connectivity index (χ1n) is 6.94. The molecule has 1 amide bonds. The molecule has 0 radical (unpaired) electrons. The predicted molar refractivity (Wildman–Crippen MR) is 68.4 cm³/mol. The molecule has 0 bridgehead atoms. The molecule has 2 heterocycles. The molecule has 0 aromatic heterocycles. The van der Waals surface area contributed by atoms with Crippen molar-refractivity contribution in [3.05, 3.63) is 0 Å². The van der Waals surface area contributed by atoms with Crippen LogP contribution in [0.1, 0.15) is 26.2 Å². The van der Waals surface area contributed by atoms with Crippen molar-refractivity contribution < 1.29 is 14.3 Å². The molecule has 5 nitrogen and oxygen atoms in total. The number of hydrogen-bond donors (Lipinski definition) is 2. The lowest BCUT2D eigenvalue weighted by Crippen LogP contribution is -2.47. The minimum absolute atomic E-state index is 0.122. The summed E-state index contributed by atoms with van der Waals surface area (Å²) in [5, 5.41) is 6.40. The van der Waals surface area contributed by atoms with Gasteiger partial charge in [0.25, 0.3) is 0 Å². The monoisotopic (exact) mass is 256 g/mol. The average Bonchev–Trinajstić information content (AvgIpc) is 2.40. The zero-order valence-corrected chi connectivity index (χ0v) is 11.1. The normalized spacial score (nSPS) is 27.7. The van der Waals surface area contributed by atoms with Crippen LogP contribution in [0.2, 0.25) is 0 Å². The van der Waals surface area contributed by atoms with Gasteiger partial charge in [-0.3, -0.25) is 4.79 Å². The van der Waals surface area contributed by atoms with Gasteiger partial charge in [0.15, 0.2) is 0 Å². The molecule has 2 rings (SSSR count). The van der Waals surface area contributed by atoms with E-state index in [0.29, 0.717) is 18.9 Å². The first kappa shape index (κ1) is 13.8. The summed E-state index contributed by atoms with van der Waals surface area (Å²) < 4.78 is 10.7. The lowest BCUT2D eigenvalue weighted by atomic mass is 9.93. The van der Waals surface area contributed by atoms with Crippen molar-refractivity contribution >= 4 is 5.91 Å². The third kappa shape index (κ3) is 4.23. The first-order valence-corrected chi connectivity index (χ1v) is 6.94. The summed E-state index contributed by atoms with van der Waals surface area (Å²) in [4.78, 5) is 11.9. The summed E-state index contributed by atoms with van der Waals surface area (Å²) in [7, 11) is 0. The molecule has 2 unspecified atom stereocenters. The minimum Gasteiger partial charge on any atom is -0.381 e. The van der Waals surface area contributed by atoms with E-state index < -0.39 is 0 Å². The fourth-order valence-corrected chi connectivity index (χ4v) is 2.62. The van der Waals surface area contributed by atoms with Gasteiger partial charge in [-0.15, -0.1) is 0 Å². The Balaban J connectivity index is 1.68. The molecule has 2 N–H and O–H groups in total. The Labute approximate surface area is 109 Å². The van der Waals surface area contributed by atoms with Crippen LogP contribution < -0.4 is 10.6 Å². The SMILES string of the molecule is CC(NC(=O)CC1COCCN1)C1CCOCC1. The van der Waals surface area contributed by atoms with Crippen LogP contribution in [0.15, 0.2) is 0 Å². The third-order valence-corrected chi connectivity index (χ3v) is 3.79. The summed E-state index contributed by atoms with van der Waals surface area (Å²) in [5.74, 6) is 0.676. The second-order valence-electron chi connectivity index (χ2n) is 5.24. The molecule has 2 aliphatic rings. The fraction of sp³-hybridized carbons (Fsp3) is 0.923. The highest BCUT2D eigenvalue weighted by Crippen LogP contribution is 2.18. The summed E-state index contributed by atoms with van der Waals surface area (Å²) >= 11 is 0. The van der Waals surface area contributed by atoms with Crippen LogP contribution in [0.4, 0.5) is 0 Å². The van der Waals surface area contributed by atoms with Crippen molar-refractivity contribution in [1.82, 2.24) is 10.6 Å². The first-order chi connectivity index (χ1) is 8.75. The number of nitrogens with one attached hydrogen (secondary N) is 2. The van der Waals surface area contributed by atoms with E-state index in [4.69, 9.17) is 9.47 Å². The Morgan fingerprint density at radius 1 is 1.33 bits per heavy atom. The van der Waals surface area contributed by atoms with Gasteiger partial charge in [-0.25, -0.2) is 0 Å². The zero-order chi connectivity index (χ0) is 12.8. The molecule has 2 fully saturated rings. The van der Waals surface area contributed by atoms with Crippen LogP contribution >= 0.6 is 0 Å². The summed E-state index contributed by atoms with van der Waals surface area (Å²) in [6.07, 6.45) is 2.60. The number of rotatable bonds is 4. The second-order valence-corrected chi connectivity index (χ2v) is 5.24. The number of morpholine rings is 1. The number of carbonyl (C=O) groups is 1. The molecule has 0 spiro atoms. The van der Waals surface area contributed by atoms with Gasteiger partial charge in [0.05, 0.1) is 13.2 Å². The summed E-state index contributed by atoms with van der Waals surface area (Å²) in [6, 6.07) is 0.409. The van der Waals surface area contributed by atoms with Crippen molar-refractivity contribution in [2.24, 2.45) is 5.92 Å². The standard InChI is InChI=1S/C13H24N2O3/c1-10(11-2-5-17-6-3-11)15-13(16)8-12-9-18-7-4-14-12/h10-12,14H,2-9H2,1H3,(H,15,16). The van der Waals surface area contributed by atoms with Gasteiger partial charge in [-0.05, 0) is 25.7 Å². The topological polar surface area (TPSA) is 59.6 Å². The highest BCUT2D eigenvalue weighted by molar-refractivity contribution is 5.76. The molecule has 5 heteroatoms. The van der Waals surface area contributed by atoms with E-state index in [1.807, 2.05) is 0 Å². The Morgan fingerprint density at radius 2 is 2.11 bits per heavy atom. The minimum atomic E-state index is 0.122. The number of ether oxygens (including phenoxy) is 2. The van der Waals surface area contributed by atoms with Crippen LogP contribution in [-0.4, -0.2) is 51.0 Å². The van der Waals surface area contributed by atoms with Gasteiger partial charge in [-0.2, -0.15) is 0 Å². The highest BCUT2D eigenvalue weighted by Gasteiger charge is 2.23. The van der Waals surface area contributed by atoms with Crippen molar-refractivity contribution in [3.63, 3.8) is 0 Å². The zero-order valence-electron chi connectivity index (χ0n) is 11.1. The molecule has 0 aromatic carbocycles. The molecule has 2 saturated heterocycles. The van der Waals surface area contributed by atoms with E-state index in [2.05, 4.69) is 17.6 Å². The van der Waals surface area contributed by atoms with Gasteiger partial charge in [-0.1, -0.05) is 0 Å². The summed E-state index contributed by atoms with van der Waals surface area (Å²) in [5.41, 5.74) is 0. The van der Waals surface area contributed by atoms with Crippen molar-refractivity contribution in [1.29, 1.82) is 0 Å². The summed E-state index contributed by atoms with van der Waals surface area (Å²) in [6.45, 7) is 5.97. The van der Waals surface area contributed by atoms with Gasteiger partial charge < -0.3 is 20.1 Å². The number of carbonyl (C=O) groups excluding carboxylic acids is 1. The largest absolute Gasteiger partial charge is 0.381 e. The Hall–Kier alpha value is -0.650. The van der Waals surface area contributed by atoms with E-state index in [9.17, 15) is 4.79 Å². The van der Waals surface area contributed by atoms with E-state index in [0.717, 1.165) is 39.2 Å². The lowest BCUT2D eigenvalue weighted by Gasteiger charge is -2.29. The number of hydrogen-bond acceptors (Lipinski definition) is 4. The van der Waals surface area contributed by atoms with Crippen LogP contribution in [0, 0.1) is 5.92 Å². The van der Waals surface area contributed by atoms with Crippen LogP contribution in [-0.2, 0) is 14.3 Å². The molecule has 2 aliphatic heterocycles. The van der Waals surface area contributed by atoms with E-state index in [-0.39, 0.29) is 18.0 Å². The maximum Gasteiger partial charge on any atom is 0.221 e. The molecular weight excluding hydrogens is 232 g/mol. The van der Waals surface area contributed by atoms with Gasteiger partial charge in [0.1, 0.15) is 0 Å². The lowest BCUT2D eigenvalue weighted by molar-refractivity contribution is -0.123. The Morgan fingerprint density at radius 3 is 2.78 bits per heavy atom. The Bertz CT molecular complexity index is 261. The smallest absolute Gasteiger partial charge is 0.221 e. The maximum atomic E-state index is 11.9. The second kappa shape index (κ2) is 7.07. The Kier molecular flexibility index (Phi) is 5.41. The fourth-order valence-electron chi connectivity index (χ4n) is 2.62. The van der Waals surface area contributed by atoms with Crippen LogP contribution in [0.25, 0.3) is 0 Å². The molecule has 0 aromatic rings. The highest BCUT2D eigenvalue weighted by atomic mass is 16.5. The van der Waals surface area contributed by atoms with E-state index in [1.54, 1.807) is 0 Å². The molecule has 18 heavy (non-hydrogen) atoms. The van der Waals surface area contributed by atoms with Crippen molar-refractivity contribution in [2.75, 3.05) is 33.0 Å². The molecule has 2 atom stereocenters. The van der Waals surface area contributed by atoms with Crippen molar-refractivity contribution in [3.8, 4) is 0 Å².